The summed E-state index contributed by atoms with van der Waals surface area (Å²) in [6.45, 7) is 0. The Morgan fingerprint density at radius 2 is 2.17 bits per heavy atom. The largest absolute Gasteiger partial charge is 0.390 e. The van der Waals surface area contributed by atoms with Gasteiger partial charge in [0.15, 0.2) is 0 Å². The van der Waals surface area contributed by atoms with Crippen LogP contribution in [0.4, 0.5) is 0 Å². The van der Waals surface area contributed by atoms with Gasteiger partial charge in [0, 0.05) is 7.05 Å². The van der Waals surface area contributed by atoms with Crippen LogP contribution in [0.25, 0.3) is 5.57 Å². The predicted octanol–water partition coefficient (Wildman–Crippen LogP) is 1.61. The summed E-state index contributed by atoms with van der Waals surface area (Å²) in [5.41, 5.74) is 3.88. The first-order valence-electron chi connectivity index (χ1n) is 6.38. The third-order valence-electron chi connectivity index (χ3n) is 4.08. The highest BCUT2D eigenvalue weighted by Gasteiger charge is 2.37. The van der Waals surface area contributed by atoms with E-state index in [-0.39, 0.29) is 18.4 Å². The van der Waals surface area contributed by atoms with Crippen LogP contribution in [0.3, 0.4) is 0 Å². The minimum absolute atomic E-state index is 0.0411. The van der Waals surface area contributed by atoms with Crippen LogP contribution in [0.15, 0.2) is 30.3 Å². The van der Waals surface area contributed by atoms with E-state index in [4.69, 9.17) is 0 Å². The summed E-state index contributed by atoms with van der Waals surface area (Å²) in [6, 6.07) is 8.28. The molecule has 0 saturated carbocycles. The summed E-state index contributed by atoms with van der Waals surface area (Å²) >= 11 is 0. The molecule has 0 radical (unpaired) electrons. The summed E-state index contributed by atoms with van der Waals surface area (Å²) in [7, 11) is 1.78. The Labute approximate surface area is 107 Å². The number of rotatable bonds is 2. The minimum Gasteiger partial charge on any atom is -0.390 e. The van der Waals surface area contributed by atoms with Gasteiger partial charge in [-0.1, -0.05) is 30.3 Å². The van der Waals surface area contributed by atoms with Crippen molar-refractivity contribution in [2.45, 2.75) is 31.4 Å². The molecular weight excluding hydrogens is 226 g/mol. The number of benzene rings is 1. The lowest BCUT2D eigenvalue weighted by Crippen LogP contribution is -2.33. The number of fused-ring (bicyclic) bond motifs is 1. The number of aliphatic hydroxyl groups excluding tert-OH is 1. The van der Waals surface area contributed by atoms with Gasteiger partial charge in [-0.2, -0.15) is 0 Å². The van der Waals surface area contributed by atoms with Crippen molar-refractivity contribution >= 4 is 11.5 Å². The molecule has 0 aromatic heterocycles. The topological polar surface area (TPSA) is 40.5 Å². The molecule has 94 valence electrons. The van der Waals surface area contributed by atoms with Gasteiger partial charge >= 0.3 is 0 Å². The summed E-state index contributed by atoms with van der Waals surface area (Å²) in [4.78, 5) is 13.2. The van der Waals surface area contributed by atoms with Crippen LogP contribution in [-0.2, 0) is 11.2 Å². The Bertz CT molecular complexity index is 521. The van der Waals surface area contributed by atoms with Crippen LogP contribution in [0.1, 0.15) is 24.0 Å². The third-order valence-corrected chi connectivity index (χ3v) is 4.08. The average Bonchev–Trinajstić information content (AvgIpc) is 2.87. The Hall–Kier alpha value is -1.61. The second-order valence-corrected chi connectivity index (χ2v) is 5.14. The molecule has 18 heavy (non-hydrogen) atoms. The number of amides is 1. The molecule has 1 aliphatic heterocycles. The first-order valence-corrected chi connectivity index (χ1v) is 6.38. The van der Waals surface area contributed by atoms with Gasteiger partial charge in [-0.3, -0.25) is 4.79 Å². The van der Waals surface area contributed by atoms with Crippen LogP contribution in [0.5, 0.6) is 0 Å². The number of carbonyl (C=O) groups is 1. The number of aliphatic hydroxyl groups is 1. The van der Waals surface area contributed by atoms with Gasteiger partial charge in [0.2, 0.25) is 5.91 Å². The molecule has 1 aromatic carbocycles. The molecule has 0 unspecified atom stereocenters. The number of allylic oxidation sites excluding steroid dienone is 1. The molecular formula is C15H17NO2. The molecule has 3 heteroatoms. The molecule has 2 aliphatic rings. The number of likely N-dealkylation sites (tertiary alicyclic amines) is 1. The van der Waals surface area contributed by atoms with Crippen LogP contribution in [-0.4, -0.2) is 35.1 Å². The zero-order valence-electron chi connectivity index (χ0n) is 10.5. The molecule has 2 atom stereocenters. The zero-order chi connectivity index (χ0) is 12.7. The number of carbonyl (C=O) groups excluding carboxylic acids is 1. The van der Waals surface area contributed by atoms with Gasteiger partial charge in [0.05, 0.1) is 18.6 Å². The Balaban J connectivity index is 1.81. The average molecular weight is 243 g/mol. The SMILES string of the molecule is CN1C(=O)C[C@@H](O)[C@H]1CC1=CCc2ccccc21. The third kappa shape index (κ3) is 1.75. The Morgan fingerprint density at radius 3 is 2.89 bits per heavy atom. The molecule has 1 aliphatic carbocycles. The van der Waals surface area contributed by atoms with Crippen molar-refractivity contribution in [2.75, 3.05) is 7.05 Å². The molecule has 1 N–H and O–H groups in total. The summed E-state index contributed by atoms with van der Waals surface area (Å²) in [6.07, 6.45) is 3.66. The van der Waals surface area contributed by atoms with Crippen molar-refractivity contribution in [3.63, 3.8) is 0 Å². The fraction of sp³-hybridized carbons (Fsp3) is 0.400. The normalized spacial score (nSPS) is 26.4. The number of hydrogen-bond acceptors (Lipinski definition) is 2. The van der Waals surface area contributed by atoms with Crippen molar-refractivity contribution in [2.24, 2.45) is 0 Å². The van der Waals surface area contributed by atoms with E-state index in [2.05, 4.69) is 24.3 Å². The number of hydrogen-bond donors (Lipinski definition) is 1. The first kappa shape index (κ1) is 11.5. The highest BCUT2D eigenvalue weighted by molar-refractivity contribution is 5.81. The lowest BCUT2D eigenvalue weighted by Gasteiger charge is -2.23. The van der Waals surface area contributed by atoms with Crippen molar-refractivity contribution in [3.05, 3.63) is 41.5 Å². The predicted molar refractivity (Wildman–Crippen MR) is 69.9 cm³/mol. The number of likely N-dealkylation sites (N-methyl/N-ethyl adjacent to an activating group) is 1. The second kappa shape index (κ2) is 4.25. The summed E-state index contributed by atoms with van der Waals surface area (Å²) < 4.78 is 0. The maximum absolute atomic E-state index is 11.6. The van der Waals surface area contributed by atoms with Crippen LogP contribution in [0, 0.1) is 0 Å². The standard InChI is InChI=1S/C15H17NO2/c1-16-13(14(17)9-15(16)18)8-11-7-6-10-4-2-3-5-12(10)11/h2-5,7,13-14,17H,6,8-9H2,1H3/t13-,14-/m1/s1. The van der Waals surface area contributed by atoms with Crippen molar-refractivity contribution in [3.8, 4) is 0 Å². The molecule has 1 saturated heterocycles. The fourth-order valence-electron chi connectivity index (χ4n) is 2.95. The van der Waals surface area contributed by atoms with Gasteiger partial charge in [0.25, 0.3) is 0 Å². The van der Waals surface area contributed by atoms with E-state index < -0.39 is 6.10 Å². The number of nitrogens with zero attached hydrogens (tertiary/aromatic N) is 1. The molecule has 3 rings (SSSR count). The lowest BCUT2D eigenvalue weighted by molar-refractivity contribution is -0.127. The Kier molecular flexibility index (Phi) is 2.71. The maximum Gasteiger partial charge on any atom is 0.225 e. The highest BCUT2D eigenvalue weighted by atomic mass is 16.3. The molecule has 1 fully saturated rings. The first-order chi connectivity index (χ1) is 8.66. The van der Waals surface area contributed by atoms with Gasteiger partial charge in [0.1, 0.15) is 0 Å². The van der Waals surface area contributed by atoms with Crippen LogP contribution < -0.4 is 0 Å². The highest BCUT2D eigenvalue weighted by Crippen LogP contribution is 2.34. The van der Waals surface area contributed by atoms with E-state index in [1.165, 1.54) is 16.7 Å². The summed E-state index contributed by atoms with van der Waals surface area (Å²) in [5.74, 6) is 0.0411. The van der Waals surface area contributed by atoms with Gasteiger partial charge < -0.3 is 10.0 Å². The van der Waals surface area contributed by atoms with E-state index in [1.807, 2.05) is 6.07 Å². The Morgan fingerprint density at radius 1 is 1.39 bits per heavy atom. The molecule has 1 amide bonds. The quantitative estimate of drug-likeness (QED) is 0.857. The van der Waals surface area contributed by atoms with Gasteiger partial charge in [-0.05, 0) is 29.5 Å². The van der Waals surface area contributed by atoms with Crippen molar-refractivity contribution in [1.82, 2.24) is 4.90 Å². The minimum atomic E-state index is -0.531. The van der Waals surface area contributed by atoms with E-state index in [9.17, 15) is 9.90 Å². The van der Waals surface area contributed by atoms with Crippen LogP contribution in [0.2, 0.25) is 0 Å². The van der Waals surface area contributed by atoms with Gasteiger partial charge in [-0.15, -0.1) is 0 Å². The van der Waals surface area contributed by atoms with E-state index >= 15 is 0 Å². The monoisotopic (exact) mass is 243 g/mol. The zero-order valence-corrected chi connectivity index (χ0v) is 10.5. The fourth-order valence-corrected chi connectivity index (χ4v) is 2.95. The molecule has 1 heterocycles. The van der Waals surface area contributed by atoms with Crippen LogP contribution >= 0.6 is 0 Å². The molecule has 0 spiro atoms. The second-order valence-electron chi connectivity index (χ2n) is 5.14. The smallest absolute Gasteiger partial charge is 0.225 e. The molecule has 0 bridgehead atoms. The van der Waals surface area contributed by atoms with Crippen molar-refractivity contribution < 1.29 is 9.90 Å². The van der Waals surface area contributed by atoms with E-state index in [0.717, 1.165) is 12.8 Å². The lowest BCUT2D eigenvalue weighted by atomic mass is 9.97. The van der Waals surface area contributed by atoms with E-state index in [1.54, 1.807) is 11.9 Å². The summed E-state index contributed by atoms with van der Waals surface area (Å²) in [5, 5.41) is 9.95. The van der Waals surface area contributed by atoms with E-state index in [0.29, 0.717) is 0 Å². The van der Waals surface area contributed by atoms with Gasteiger partial charge in [-0.25, -0.2) is 0 Å². The maximum atomic E-state index is 11.6. The molecule has 3 nitrogen and oxygen atoms in total. The van der Waals surface area contributed by atoms with Crippen molar-refractivity contribution in [1.29, 1.82) is 0 Å². The molecule has 1 aromatic rings.